The minimum absolute atomic E-state index is 0.0818. The minimum atomic E-state index is -0.531. The summed E-state index contributed by atoms with van der Waals surface area (Å²) in [6.45, 7) is 4.35. The second-order valence-corrected chi connectivity index (χ2v) is 7.11. The molecule has 0 spiro atoms. The predicted molar refractivity (Wildman–Crippen MR) is 112 cm³/mol. The van der Waals surface area contributed by atoms with Crippen molar-refractivity contribution >= 4 is 34.0 Å². The zero-order valence-corrected chi connectivity index (χ0v) is 16.3. The molecular weight excluding hydrogens is 368 g/mol. The second-order valence-electron chi connectivity index (χ2n) is 7.11. The van der Waals surface area contributed by atoms with E-state index in [0.29, 0.717) is 34.5 Å². The van der Waals surface area contributed by atoms with Gasteiger partial charge in [-0.3, -0.25) is 4.57 Å². The van der Waals surface area contributed by atoms with E-state index in [1.54, 1.807) is 28.8 Å². The van der Waals surface area contributed by atoms with E-state index in [1.165, 1.54) is 0 Å². The summed E-state index contributed by atoms with van der Waals surface area (Å²) in [6.07, 6.45) is 0.901. The number of phenols is 1. The molecule has 0 fully saturated rings. The van der Waals surface area contributed by atoms with E-state index in [0.717, 1.165) is 6.42 Å². The van der Waals surface area contributed by atoms with Crippen molar-refractivity contribution in [2.75, 3.05) is 12.3 Å². The summed E-state index contributed by atoms with van der Waals surface area (Å²) >= 11 is 0. The van der Waals surface area contributed by atoms with Gasteiger partial charge in [-0.25, -0.2) is 14.8 Å². The van der Waals surface area contributed by atoms with Gasteiger partial charge < -0.3 is 15.6 Å². The Kier molecular flexibility index (Phi) is 4.80. The highest BCUT2D eigenvalue weighted by Crippen LogP contribution is 2.32. The van der Waals surface area contributed by atoms with Gasteiger partial charge in [-0.05, 0) is 30.2 Å². The normalized spacial score (nSPS) is 12.3. The lowest BCUT2D eigenvalue weighted by atomic mass is 10.1. The molecule has 2 heterocycles. The van der Waals surface area contributed by atoms with Crippen LogP contribution in [0.15, 0.2) is 48.5 Å². The van der Waals surface area contributed by atoms with Crippen molar-refractivity contribution in [2.45, 2.75) is 20.3 Å². The maximum atomic E-state index is 12.9. The third kappa shape index (κ3) is 3.35. The molecule has 4 rings (SSSR count). The van der Waals surface area contributed by atoms with E-state index in [1.807, 2.05) is 38.1 Å². The zero-order valence-electron chi connectivity index (χ0n) is 16.3. The van der Waals surface area contributed by atoms with Gasteiger partial charge in [-0.15, -0.1) is 0 Å². The molecule has 0 bridgehead atoms. The summed E-state index contributed by atoms with van der Waals surface area (Å²) in [4.78, 5) is 22.3. The molecule has 1 atom stereocenters. The summed E-state index contributed by atoms with van der Waals surface area (Å²) in [6, 6.07) is 14.0. The smallest absolute Gasteiger partial charge is 0.344 e. The Balaban J connectivity index is 1.96. The molecule has 0 saturated carbocycles. The van der Waals surface area contributed by atoms with Gasteiger partial charge >= 0.3 is 5.97 Å². The molecule has 7 heteroatoms. The molecule has 0 aliphatic heterocycles. The van der Waals surface area contributed by atoms with Crippen LogP contribution in [0, 0.1) is 5.92 Å². The number of para-hydroxylation sites is 2. The van der Waals surface area contributed by atoms with Crippen LogP contribution < -0.4 is 5.73 Å². The van der Waals surface area contributed by atoms with E-state index in [4.69, 9.17) is 15.5 Å². The molecule has 0 aliphatic rings. The van der Waals surface area contributed by atoms with Gasteiger partial charge in [0.25, 0.3) is 0 Å². The number of phenolic OH excluding ortho intramolecular Hbond substituents is 1. The number of aromatic nitrogens is 3. The van der Waals surface area contributed by atoms with Crippen molar-refractivity contribution in [1.29, 1.82) is 0 Å². The largest absolute Gasteiger partial charge is 0.508 e. The number of benzene rings is 2. The lowest BCUT2D eigenvalue weighted by Gasteiger charge is -2.10. The molecule has 29 heavy (non-hydrogen) atoms. The topological polar surface area (TPSA) is 103 Å². The fraction of sp³-hybridized carbons (Fsp3) is 0.227. The minimum Gasteiger partial charge on any atom is -0.508 e. The number of hydrogen-bond acceptors (Lipinski definition) is 6. The maximum Gasteiger partial charge on any atom is 0.344 e. The van der Waals surface area contributed by atoms with E-state index >= 15 is 0 Å². The quantitative estimate of drug-likeness (QED) is 0.498. The lowest BCUT2D eigenvalue weighted by molar-refractivity contribution is 0.0450. The van der Waals surface area contributed by atoms with Crippen molar-refractivity contribution < 1.29 is 14.6 Å². The molecule has 3 N–H and O–H groups in total. The Morgan fingerprint density at radius 2 is 1.90 bits per heavy atom. The van der Waals surface area contributed by atoms with Crippen molar-refractivity contribution in [2.24, 2.45) is 5.92 Å². The van der Waals surface area contributed by atoms with Crippen molar-refractivity contribution in [1.82, 2.24) is 14.5 Å². The number of nitrogens with two attached hydrogens (primary N) is 1. The molecule has 0 aliphatic carbocycles. The lowest BCUT2D eigenvalue weighted by Crippen LogP contribution is -2.13. The summed E-state index contributed by atoms with van der Waals surface area (Å²) in [7, 11) is 0. The van der Waals surface area contributed by atoms with Gasteiger partial charge in [0, 0.05) is 6.07 Å². The van der Waals surface area contributed by atoms with Crippen LogP contribution in [0.2, 0.25) is 0 Å². The average molecular weight is 390 g/mol. The van der Waals surface area contributed by atoms with Gasteiger partial charge in [0.1, 0.15) is 22.6 Å². The number of fused-ring (bicyclic) bond motifs is 2. The first-order valence-corrected chi connectivity index (χ1v) is 9.52. The molecule has 0 saturated heterocycles. The van der Waals surface area contributed by atoms with Crippen molar-refractivity contribution in [3.05, 3.63) is 54.1 Å². The highest BCUT2D eigenvalue weighted by Gasteiger charge is 2.26. The summed E-state index contributed by atoms with van der Waals surface area (Å²) in [5.74, 6) is -0.0313. The fourth-order valence-electron chi connectivity index (χ4n) is 3.16. The Labute approximate surface area is 167 Å². The van der Waals surface area contributed by atoms with Crippen LogP contribution >= 0.6 is 0 Å². The third-order valence-corrected chi connectivity index (χ3v) is 4.99. The van der Waals surface area contributed by atoms with E-state index in [2.05, 4.69) is 4.98 Å². The Hall–Kier alpha value is -3.61. The summed E-state index contributed by atoms with van der Waals surface area (Å²) in [5, 5.41) is 9.92. The first-order valence-electron chi connectivity index (χ1n) is 9.52. The predicted octanol–water partition coefficient (Wildman–Crippen LogP) is 4.06. The standard InChI is InChI=1S/C22H22N4O3/c1-3-13(2)12-29-22(28)18-19-21(25-17-10-5-4-9-16(17)24-19)26(20(18)23)14-7-6-8-15(27)11-14/h4-11,13,27H,3,12,23H2,1-2H3. The van der Waals surface area contributed by atoms with E-state index < -0.39 is 5.97 Å². The van der Waals surface area contributed by atoms with Crippen LogP contribution in [0.3, 0.4) is 0 Å². The Morgan fingerprint density at radius 3 is 2.59 bits per heavy atom. The number of carbonyl (C=O) groups is 1. The highest BCUT2D eigenvalue weighted by molar-refractivity contribution is 6.09. The van der Waals surface area contributed by atoms with Gasteiger partial charge in [-0.2, -0.15) is 0 Å². The Bertz CT molecular complexity index is 1220. The highest BCUT2D eigenvalue weighted by atomic mass is 16.5. The van der Waals surface area contributed by atoms with Crippen LogP contribution in [0.1, 0.15) is 30.6 Å². The SMILES string of the molecule is CCC(C)COC(=O)c1c(N)n(-c2cccc(O)c2)c2nc3ccccc3nc12. The molecule has 1 unspecified atom stereocenters. The Morgan fingerprint density at radius 1 is 1.17 bits per heavy atom. The molecule has 0 amide bonds. The molecule has 148 valence electrons. The number of esters is 1. The van der Waals surface area contributed by atoms with Crippen molar-refractivity contribution in [3.63, 3.8) is 0 Å². The van der Waals surface area contributed by atoms with Gasteiger partial charge in [0.05, 0.1) is 23.3 Å². The molecule has 2 aromatic carbocycles. The summed E-state index contributed by atoms with van der Waals surface area (Å²) < 4.78 is 7.12. The fourth-order valence-corrected chi connectivity index (χ4v) is 3.16. The average Bonchev–Trinajstić information content (AvgIpc) is 3.00. The van der Waals surface area contributed by atoms with Crippen LogP contribution in [0.5, 0.6) is 5.75 Å². The van der Waals surface area contributed by atoms with E-state index in [9.17, 15) is 9.90 Å². The van der Waals surface area contributed by atoms with Gasteiger partial charge in [0.2, 0.25) is 0 Å². The molecule has 0 radical (unpaired) electrons. The van der Waals surface area contributed by atoms with Crippen LogP contribution in [-0.4, -0.2) is 32.2 Å². The monoisotopic (exact) mass is 390 g/mol. The van der Waals surface area contributed by atoms with Crippen LogP contribution in [-0.2, 0) is 4.74 Å². The number of nitrogens with zero attached hydrogens (tertiary/aromatic N) is 3. The number of nitrogen functional groups attached to an aromatic ring is 1. The number of aromatic hydroxyl groups is 1. The first-order chi connectivity index (χ1) is 14.0. The number of ether oxygens (including phenoxy) is 1. The second kappa shape index (κ2) is 7.43. The van der Waals surface area contributed by atoms with Gasteiger partial charge in [0.15, 0.2) is 5.65 Å². The number of hydrogen-bond donors (Lipinski definition) is 2. The third-order valence-electron chi connectivity index (χ3n) is 4.99. The van der Waals surface area contributed by atoms with Crippen LogP contribution in [0.25, 0.3) is 27.9 Å². The first kappa shape index (κ1) is 18.7. The van der Waals surface area contributed by atoms with Crippen LogP contribution in [0.4, 0.5) is 5.82 Å². The zero-order chi connectivity index (χ0) is 20.5. The molecular formula is C22H22N4O3. The van der Waals surface area contributed by atoms with Gasteiger partial charge in [-0.1, -0.05) is 38.5 Å². The van der Waals surface area contributed by atoms with Crippen molar-refractivity contribution in [3.8, 4) is 11.4 Å². The molecule has 7 nitrogen and oxygen atoms in total. The summed E-state index contributed by atoms with van der Waals surface area (Å²) in [5.41, 5.74) is 9.31. The molecule has 2 aromatic heterocycles. The number of carbonyl (C=O) groups excluding carboxylic acids is 1. The number of rotatable bonds is 5. The molecule has 4 aromatic rings. The maximum absolute atomic E-state index is 12.9. The van der Waals surface area contributed by atoms with E-state index in [-0.39, 0.29) is 23.0 Å². The number of anilines is 1.